The van der Waals surface area contributed by atoms with E-state index in [0.717, 1.165) is 12.8 Å². The van der Waals surface area contributed by atoms with Crippen LogP contribution in [-0.4, -0.2) is 23.4 Å². The molecule has 4 heteroatoms. The summed E-state index contributed by atoms with van der Waals surface area (Å²) < 4.78 is 19.0. The first-order valence-corrected chi connectivity index (χ1v) is 6.35. The Bertz CT molecular complexity index is 412. The molecule has 1 saturated carbocycles. The third-order valence-corrected chi connectivity index (χ3v) is 3.49. The van der Waals surface area contributed by atoms with Crippen molar-refractivity contribution in [1.29, 1.82) is 0 Å². The molecule has 1 aromatic rings. The monoisotopic (exact) mass is 254 g/mol. The lowest BCUT2D eigenvalue weighted by atomic mass is 9.92. The molecule has 0 aromatic heterocycles. The summed E-state index contributed by atoms with van der Waals surface area (Å²) in [6.07, 6.45) is 2.63. The van der Waals surface area contributed by atoms with Crippen molar-refractivity contribution in [2.24, 2.45) is 5.92 Å². The number of halogens is 1. The molecule has 0 bridgehead atoms. The van der Waals surface area contributed by atoms with E-state index >= 15 is 0 Å². The van der Waals surface area contributed by atoms with Gasteiger partial charge in [0.2, 0.25) is 0 Å². The molecule has 0 amide bonds. The van der Waals surface area contributed by atoms with Gasteiger partial charge in [0.1, 0.15) is 5.60 Å². The zero-order valence-electron chi connectivity index (χ0n) is 10.5. The van der Waals surface area contributed by atoms with E-state index in [2.05, 4.69) is 0 Å². The Labute approximate surface area is 106 Å². The Hall–Kier alpha value is -1.13. The van der Waals surface area contributed by atoms with E-state index in [4.69, 9.17) is 4.74 Å². The maximum Gasteiger partial charge on any atom is 0.165 e. The van der Waals surface area contributed by atoms with Gasteiger partial charge in [-0.15, -0.1) is 0 Å². The van der Waals surface area contributed by atoms with Crippen molar-refractivity contribution in [3.8, 4) is 5.75 Å². The van der Waals surface area contributed by atoms with Gasteiger partial charge < -0.3 is 14.9 Å². The molecule has 18 heavy (non-hydrogen) atoms. The number of hydrogen-bond donors (Lipinski definition) is 2. The van der Waals surface area contributed by atoms with E-state index in [-0.39, 0.29) is 5.75 Å². The lowest BCUT2D eigenvalue weighted by Crippen LogP contribution is -2.29. The average molecular weight is 254 g/mol. The average Bonchev–Trinajstić information content (AvgIpc) is 3.21. The van der Waals surface area contributed by atoms with E-state index in [1.807, 2.05) is 0 Å². The molecule has 100 valence electrons. The smallest absolute Gasteiger partial charge is 0.165 e. The predicted octanol–water partition coefficient (Wildman–Crippen LogP) is 2.20. The van der Waals surface area contributed by atoms with E-state index in [0.29, 0.717) is 24.5 Å². The van der Waals surface area contributed by atoms with E-state index in [1.54, 1.807) is 6.92 Å². The lowest BCUT2D eigenvalue weighted by molar-refractivity contribution is -0.0224. The normalized spacial score (nSPS) is 18.4. The summed E-state index contributed by atoms with van der Waals surface area (Å²) >= 11 is 0. The molecule has 0 unspecified atom stereocenters. The van der Waals surface area contributed by atoms with Crippen LogP contribution in [0.1, 0.15) is 31.7 Å². The summed E-state index contributed by atoms with van der Waals surface area (Å²) in [5.74, 6) is 0.256. The van der Waals surface area contributed by atoms with Gasteiger partial charge in [-0.3, -0.25) is 0 Å². The number of rotatable bonds is 6. The third-order valence-electron chi connectivity index (χ3n) is 3.49. The van der Waals surface area contributed by atoms with Gasteiger partial charge in [-0.05, 0) is 42.9 Å². The Balaban J connectivity index is 2.18. The Morgan fingerprint density at radius 2 is 2.17 bits per heavy atom. The van der Waals surface area contributed by atoms with Crippen LogP contribution in [-0.2, 0) is 5.60 Å². The van der Waals surface area contributed by atoms with Crippen LogP contribution in [0.4, 0.5) is 4.39 Å². The van der Waals surface area contributed by atoms with Crippen LogP contribution in [0.25, 0.3) is 0 Å². The first kappa shape index (κ1) is 13.3. The Kier molecular flexibility index (Phi) is 3.88. The zero-order valence-corrected chi connectivity index (χ0v) is 10.5. The minimum atomic E-state index is -1.33. The molecule has 2 N–H and O–H groups in total. The molecule has 0 heterocycles. The molecule has 2 rings (SSSR count). The van der Waals surface area contributed by atoms with Gasteiger partial charge in [0.05, 0.1) is 13.2 Å². The van der Waals surface area contributed by atoms with Crippen LogP contribution in [0, 0.1) is 11.7 Å². The van der Waals surface area contributed by atoms with Gasteiger partial charge in [-0.2, -0.15) is 0 Å². The Morgan fingerprint density at radius 1 is 1.44 bits per heavy atom. The van der Waals surface area contributed by atoms with Crippen molar-refractivity contribution in [2.45, 2.75) is 31.8 Å². The Morgan fingerprint density at radius 3 is 2.72 bits per heavy atom. The topological polar surface area (TPSA) is 49.7 Å². The number of aliphatic hydroxyl groups excluding tert-OH is 1. The maximum absolute atomic E-state index is 13.6. The third kappa shape index (κ3) is 2.82. The summed E-state index contributed by atoms with van der Waals surface area (Å²) in [6, 6.07) is 4.24. The molecule has 0 radical (unpaired) electrons. The largest absolute Gasteiger partial charge is 0.490 e. The van der Waals surface area contributed by atoms with Crippen molar-refractivity contribution < 1.29 is 19.3 Å². The highest BCUT2D eigenvalue weighted by Crippen LogP contribution is 2.32. The molecule has 0 spiro atoms. The molecule has 1 atom stereocenters. The fourth-order valence-corrected chi connectivity index (χ4v) is 1.80. The zero-order chi connectivity index (χ0) is 13.2. The van der Waals surface area contributed by atoms with Gasteiger partial charge in [-0.1, -0.05) is 13.0 Å². The van der Waals surface area contributed by atoms with Crippen molar-refractivity contribution in [2.75, 3.05) is 13.2 Å². The van der Waals surface area contributed by atoms with Crippen molar-refractivity contribution in [3.63, 3.8) is 0 Å². The lowest BCUT2D eigenvalue weighted by Gasteiger charge is -2.25. The number of benzene rings is 1. The van der Waals surface area contributed by atoms with Crippen molar-refractivity contribution >= 4 is 0 Å². The molecule has 0 aliphatic heterocycles. The van der Waals surface area contributed by atoms with E-state index in [9.17, 15) is 14.6 Å². The molecule has 1 aliphatic rings. The first-order chi connectivity index (χ1) is 8.59. The van der Waals surface area contributed by atoms with Crippen LogP contribution >= 0.6 is 0 Å². The quantitative estimate of drug-likeness (QED) is 0.818. The van der Waals surface area contributed by atoms with Crippen LogP contribution < -0.4 is 4.74 Å². The molecule has 1 fully saturated rings. The first-order valence-electron chi connectivity index (χ1n) is 6.35. The maximum atomic E-state index is 13.6. The molecule has 1 aromatic carbocycles. The fraction of sp³-hybridized carbons (Fsp3) is 0.571. The van der Waals surface area contributed by atoms with Crippen molar-refractivity contribution in [3.05, 3.63) is 29.6 Å². The number of aliphatic hydroxyl groups is 2. The number of ether oxygens (including phenoxy) is 1. The van der Waals surface area contributed by atoms with E-state index in [1.165, 1.54) is 18.2 Å². The summed E-state index contributed by atoms with van der Waals surface area (Å²) in [7, 11) is 0. The van der Waals surface area contributed by atoms with E-state index < -0.39 is 18.0 Å². The summed E-state index contributed by atoms with van der Waals surface area (Å²) in [5, 5.41) is 19.4. The molecule has 3 nitrogen and oxygen atoms in total. The number of hydrogen-bond acceptors (Lipinski definition) is 3. The van der Waals surface area contributed by atoms with Crippen LogP contribution in [0.5, 0.6) is 5.75 Å². The minimum Gasteiger partial charge on any atom is -0.490 e. The molecular formula is C14H19FO3. The fourth-order valence-electron chi connectivity index (χ4n) is 1.80. The van der Waals surface area contributed by atoms with Gasteiger partial charge in [0.25, 0.3) is 0 Å². The van der Waals surface area contributed by atoms with Gasteiger partial charge in [0, 0.05) is 0 Å². The molecule has 0 saturated heterocycles. The highest BCUT2D eigenvalue weighted by Gasteiger charge is 2.28. The highest BCUT2D eigenvalue weighted by molar-refractivity contribution is 5.34. The second-order valence-electron chi connectivity index (χ2n) is 4.94. The van der Waals surface area contributed by atoms with Gasteiger partial charge in [-0.25, -0.2) is 4.39 Å². The summed E-state index contributed by atoms with van der Waals surface area (Å²) in [4.78, 5) is 0. The second kappa shape index (κ2) is 5.24. The minimum absolute atomic E-state index is 0.153. The standard InChI is InChI=1S/C14H19FO3/c1-2-14(17,9-16)11-5-6-12(15)13(7-11)18-8-10-3-4-10/h5-7,10,16-17H,2-4,8-9H2,1H3/t14-/m0/s1. The van der Waals surface area contributed by atoms with Gasteiger partial charge >= 0.3 is 0 Å². The summed E-state index contributed by atoms with van der Waals surface area (Å²) in [6.45, 7) is 1.89. The highest BCUT2D eigenvalue weighted by atomic mass is 19.1. The van der Waals surface area contributed by atoms with Crippen molar-refractivity contribution in [1.82, 2.24) is 0 Å². The second-order valence-corrected chi connectivity index (χ2v) is 4.94. The SMILES string of the molecule is CC[C@](O)(CO)c1ccc(F)c(OCC2CC2)c1. The molecular weight excluding hydrogens is 235 g/mol. The van der Waals surface area contributed by atoms with Gasteiger partial charge in [0.15, 0.2) is 11.6 Å². The summed E-state index contributed by atoms with van der Waals surface area (Å²) in [5.41, 5.74) is -0.842. The van der Waals surface area contributed by atoms with Crippen LogP contribution in [0.15, 0.2) is 18.2 Å². The van der Waals surface area contributed by atoms with Crippen LogP contribution in [0.3, 0.4) is 0 Å². The predicted molar refractivity (Wildman–Crippen MR) is 65.9 cm³/mol. The van der Waals surface area contributed by atoms with Crippen LogP contribution in [0.2, 0.25) is 0 Å². The molecule has 1 aliphatic carbocycles.